The van der Waals surface area contributed by atoms with E-state index in [1.165, 1.54) is 18.2 Å². The molecule has 1 heterocycles. The van der Waals surface area contributed by atoms with Gasteiger partial charge in [0.15, 0.2) is 0 Å². The first-order valence-corrected chi connectivity index (χ1v) is 8.09. The average Bonchev–Trinajstić information content (AvgIpc) is 2.45. The second-order valence-electron chi connectivity index (χ2n) is 5.29. The molecule has 8 heteroatoms. The minimum Gasteiger partial charge on any atom is -0.477 e. The van der Waals surface area contributed by atoms with Gasteiger partial charge < -0.3 is 10.1 Å². The van der Waals surface area contributed by atoms with Crippen LogP contribution in [0.1, 0.15) is 24.2 Å². The summed E-state index contributed by atoms with van der Waals surface area (Å²) in [6, 6.07) is 3.98. The van der Waals surface area contributed by atoms with Gasteiger partial charge >= 0.3 is 5.97 Å². The zero-order valence-corrected chi connectivity index (χ0v) is 12.9. The van der Waals surface area contributed by atoms with E-state index in [2.05, 4.69) is 9.71 Å². The summed E-state index contributed by atoms with van der Waals surface area (Å²) in [6.07, 6.45) is 1.10. The summed E-state index contributed by atoms with van der Waals surface area (Å²) in [5.41, 5.74) is -0.780. The molecule has 1 aromatic heterocycles. The summed E-state index contributed by atoms with van der Waals surface area (Å²) in [7, 11) is -3.75. The van der Waals surface area contributed by atoms with Crippen molar-refractivity contribution in [3.63, 3.8) is 0 Å². The number of aromatic amines is 1. The highest BCUT2D eigenvalue weighted by Gasteiger charge is 2.17. The van der Waals surface area contributed by atoms with E-state index in [-0.39, 0.29) is 22.7 Å². The number of aromatic nitrogens is 1. The van der Waals surface area contributed by atoms with Gasteiger partial charge in [0.1, 0.15) is 5.56 Å². The third-order valence-electron chi connectivity index (χ3n) is 3.07. The molecule has 2 aromatic rings. The number of aromatic carboxylic acids is 1. The van der Waals surface area contributed by atoms with Crippen LogP contribution in [0.2, 0.25) is 0 Å². The topological polar surface area (TPSA) is 116 Å². The van der Waals surface area contributed by atoms with Crippen LogP contribution < -0.4 is 10.2 Å². The van der Waals surface area contributed by atoms with Crippen LogP contribution >= 0.6 is 0 Å². The number of nitrogens with one attached hydrogen (secondary N) is 2. The molecule has 0 atom stereocenters. The summed E-state index contributed by atoms with van der Waals surface area (Å²) >= 11 is 0. The summed E-state index contributed by atoms with van der Waals surface area (Å²) in [5.74, 6) is -1.23. The number of hydrogen-bond donors (Lipinski definition) is 3. The lowest BCUT2D eigenvalue weighted by Crippen LogP contribution is -2.27. The molecule has 7 nitrogen and oxygen atoms in total. The van der Waals surface area contributed by atoms with Gasteiger partial charge in [-0.05, 0) is 24.1 Å². The molecule has 3 N–H and O–H groups in total. The largest absolute Gasteiger partial charge is 0.477 e. The van der Waals surface area contributed by atoms with Crippen molar-refractivity contribution in [3.05, 3.63) is 40.2 Å². The van der Waals surface area contributed by atoms with Crippen LogP contribution in [0.5, 0.6) is 0 Å². The Balaban J connectivity index is 2.56. The Hall–Kier alpha value is -2.19. The molecule has 0 saturated heterocycles. The maximum Gasteiger partial charge on any atom is 0.341 e. The Morgan fingerprint density at radius 1 is 1.36 bits per heavy atom. The van der Waals surface area contributed by atoms with Crippen LogP contribution in [0, 0.1) is 5.92 Å². The van der Waals surface area contributed by atoms with E-state index in [0.29, 0.717) is 5.52 Å². The van der Waals surface area contributed by atoms with Crippen LogP contribution in [0.25, 0.3) is 10.9 Å². The van der Waals surface area contributed by atoms with Gasteiger partial charge in [0.2, 0.25) is 15.5 Å². The van der Waals surface area contributed by atoms with Gasteiger partial charge in [0, 0.05) is 23.6 Å². The number of carbonyl (C=O) groups is 1. The lowest BCUT2D eigenvalue weighted by atomic mass is 10.1. The molecule has 0 aliphatic carbocycles. The molecule has 0 aliphatic heterocycles. The minimum atomic E-state index is -3.75. The van der Waals surface area contributed by atoms with Crippen LogP contribution in [0.4, 0.5) is 0 Å². The fourth-order valence-corrected chi connectivity index (χ4v) is 3.12. The molecule has 0 aliphatic rings. The lowest BCUT2D eigenvalue weighted by molar-refractivity contribution is 0.0695. The zero-order chi connectivity index (χ0) is 16.5. The van der Waals surface area contributed by atoms with Gasteiger partial charge in [-0.25, -0.2) is 17.9 Å². The molecule has 0 radical (unpaired) electrons. The number of rotatable bonds is 5. The fraction of sp³-hybridized carbons (Fsp3) is 0.286. The number of carboxylic acids is 1. The van der Waals surface area contributed by atoms with Gasteiger partial charge in [-0.3, -0.25) is 4.79 Å². The molecule has 0 spiro atoms. The molecule has 118 valence electrons. The van der Waals surface area contributed by atoms with Gasteiger partial charge in [0.25, 0.3) is 0 Å². The van der Waals surface area contributed by atoms with Gasteiger partial charge in [-0.2, -0.15) is 0 Å². The minimum absolute atomic E-state index is 0.0207. The van der Waals surface area contributed by atoms with Crippen molar-refractivity contribution in [1.82, 2.24) is 9.71 Å². The first-order chi connectivity index (χ1) is 10.2. The summed E-state index contributed by atoms with van der Waals surface area (Å²) in [4.78, 5) is 25.7. The highest BCUT2D eigenvalue weighted by Crippen LogP contribution is 2.15. The van der Waals surface area contributed by atoms with Crippen molar-refractivity contribution in [1.29, 1.82) is 0 Å². The molecular formula is C14H16N2O5S. The van der Waals surface area contributed by atoms with E-state index < -0.39 is 27.0 Å². The highest BCUT2D eigenvalue weighted by molar-refractivity contribution is 7.89. The van der Waals surface area contributed by atoms with Crippen molar-refractivity contribution in [2.75, 3.05) is 6.54 Å². The van der Waals surface area contributed by atoms with Crippen molar-refractivity contribution in [3.8, 4) is 0 Å². The first kappa shape index (κ1) is 16.2. The first-order valence-electron chi connectivity index (χ1n) is 6.61. The number of hydrogen-bond acceptors (Lipinski definition) is 4. The Bertz CT molecular complexity index is 884. The van der Waals surface area contributed by atoms with Gasteiger partial charge in [-0.1, -0.05) is 13.8 Å². The Morgan fingerprint density at radius 2 is 2.05 bits per heavy atom. The van der Waals surface area contributed by atoms with Gasteiger partial charge in [-0.15, -0.1) is 0 Å². The van der Waals surface area contributed by atoms with E-state index in [1.54, 1.807) is 0 Å². The zero-order valence-electron chi connectivity index (χ0n) is 12.1. The maximum absolute atomic E-state index is 12.2. The van der Waals surface area contributed by atoms with E-state index in [0.717, 1.165) is 6.20 Å². The summed E-state index contributed by atoms with van der Waals surface area (Å²) in [6.45, 7) is 4.01. The predicted molar refractivity (Wildman–Crippen MR) is 81.6 cm³/mol. The second kappa shape index (κ2) is 5.90. The van der Waals surface area contributed by atoms with E-state index in [9.17, 15) is 18.0 Å². The van der Waals surface area contributed by atoms with Crippen LogP contribution in [0.3, 0.4) is 0 Å². The van der Waals surface area contributed by atoms with Crippen LogP contribution in [-0.4, -0.2) is 31.0 Å². The molecule has 2 rings (SSSR count). The molecule has 0 fully saturated rings. The third-order valence-corrected chi connectivity index (χ3v) is 4.50. The standard InChI is InChI=1S/C14H16N2O5S/c1-8(2)6-16-22(20,21)9-3-4-12-10(5-9)13(17)11(7-15-12)14(18)19/h3-5,7-8,16H,6H2,1-2H3,(H,15,17)(H,18,19). The van der Waals surface area contributed by atoms with Crippen molar-refractivity contribution in [2.24, 2.45) is 5.92 Å². The number of pyridine rings is 1. The highest BCUT2D eigenvalue weighted by atomic mass is 32.2. The number of H-pyrrole nitrogens is 1. The lowest BCUT2D eigenvalue weighted by Gasteiger charge is -2.09. The number of carboxylic acid groups (broad SMARTS) is 1. The van der Waals surface area contributed by atoms with Crippen molar-refractivity contribution in [2.45, 2.75) is 18.7 Å². The molecular weight excluding hydrogens is 308 g/mol. The molecule has 0 saturated carbocycles. The van der Waals surface area contributed by atoms with Gasteiger partial charge in [0.05, 0.1) is 4.90 Å². The average molecular weight is 324 g/mol. The van der Waals surface area contributed by atoms with Crippen molar-refractivity contribution < 1.29 is 18.3 Å². The number of sulfonamides is 1. The molecule has 22 heavy (non-hydrogen) atoms. The van der Waals surface area contributed by atoms with E-state index >= 15 is 0 Å². The molecule has 0 unspecified atom stereocenters. The smallest absolute Gasteiger partial charge is 0.341 e. The Kier molecular flexibility index (Phi) is 4.34. The van der Waals surface area contributed by atoms with Crippen LogP contribution in [0.15, 0.2) is 34.1 Å². The molecule has 0 amide bonds. The summed E-state index contributed by atoms with van der Waals surface area (Å²) in [5, 5.41) is 8.97. The summed E-state index contributed by atoms with van der Waals surface area (Å²) < 4.78 is 26.8. The predicted octanol–water partition coefficient (Wildman–Crippen LogP) is 1.16. The quantitative estimate of drug-likeness (QED) is 0.763. The van der Waals surface area contributed by atoms with E-state index in [4.69, 9.17) is 5.11 Å². The van der Waals surface area contributed by atoms with Crippen LogP contribution in [-0.2, 0) is 10.0 Å². The van der Waals surface area contributed by atoms with Crippen molar-refractivity contribution >= 4 is 26.9 Å². The normalized spacial score (nSPS) is 12.0. The number of fused-ring (bicyclic) bond motifs is 1. The van der Waals surface area contributed by atoms with E-state index in [1.807, 2.05) is 13.8 Å². The monoisotopic (exact) mass is 324 g/mol. The Morgan fingerprint density at radius 3 is 2.64 bits per heavy atom. The third kappa shape index (κ3) is 3.18. The Labute approximate surface area is 127 Å². The molecule has 0 bridgehead atoms. The number of benzene rings is 1. The fourth-order valence-electron chi connectivity index (χ4n) is 1.88. The SMILES string of the molecule is CC(C)CNS(=O)(=O)c1ccc2[nH]cc(C(=O)O)c(=O)c2c1. The molecule has 1 aromatic carbocycles. The second-order valence-corrected chi connectivity index (χ2v) is 7.06. The maximum atomic E-state index is 12.2.